The number of nitrogen functional groups attached to an aromatic ring is 1. The average molecular weight is 1050 g/mol. The lowest BCUT2D eigenvalue weighted by molar-refractivity contribution is -0.161. The van der Waals surface area contributed by atoms with Crippen LogP contribution < -0.4 is 11.4 Å². The number of aromatic nitrogens is 2. The zero-order valence-corrected chi connectivity index (χ0v) is 45.7. The van der Waals surface area contributed by atoms with Crippen molar-refractivity contribution in [2.75, 3.05) is 25.6 Å². The zero-order valence-electron chi connectivity index (χ0n) is 43.9. The molecule has 0 aromatic carbocycles. The Bertz CT molecular complexity index is 1720. The fourth-order valence-corrected chi connectivity index (χ4v) is 10.7. The van der Waals surface area contributed by atoms with Crippen LogP contribution in [0.1, 0.15) is 233 Å². The van der Waals surface area contributed by atoms with Crippen molar-refractivity contribution >= 4 is 33.4 Å². The normalized spacial score (nSPS) is 19.2. The summed E-state index contributed by atoms with van der Waals surface area (Å²) in [6.07, 6.45) is 27.6. The summed E-state index contributed by atoms with van der Waals surface area (Å²) in [6.45, 7) is 6.83. The molecular weight excluding hydrogens is 957 g/mol. The Labute approximate surface area is 425 Å². The van der Waals surface area contributed by atoms with Crippen molar-refractivity contribution in [2.45, 2.75) is 257 Å². The predicted molar refractivity (Wildman–Crippen MR) is 275 cm³/mol. The van der Waals surface area contributed by atoms with Crippen LogP contribution in [0.5, 0.6) is 0 Å². The van der Waals surface area contributed by atoms with Crippen molar-refractivity contribution in [1.82, 2.24) is 9.55 Å². The lowest BCUT2D eigenvalue weighted by atomic mass is 10.0. The first kappa shape index (κ1) is 64.9. The SMILES string of the molecule is CC(C)CCCCCCCCCCCCCCCCCCC(=O)OC[C@H](COP(=O)(O)OP(=O)(O)OC[C@H]1O[C@@H](n2ccc(N)nc2=O)C(O)[C@H]1O)OC(=O)CCCCCCCCCCCCCC(C)C. The molecule has 6 N–H and O–H groups in total. The van der Waals surface area contributed by atoms with Gasteiger partial charge in [-0.1, -0.05) is 201 Å². The van der Waals surface area contributed by atoms with Gasteiger partial charge < -0.3 is 39.9 Å². The van der Waals surface area contributed by atoms with Crippen LogP contribution in [0.25, 0.3) is 0 Å². The van der Waals surface area contributed by atoms with Gasteiger partial charge in [0.1, 0.15) is 30.7 Å². The van der Waals surface area contributed by atoms with Crippen LogP contribution in [0.4, 0.5) is 5.82 Å². The van der Waals surface area contributed by atoms with E-state index in [2.05, 4.69) is 37.0 Å². The van der Waals surface area contributed by atoms with E-state index in [0.29, 0.717) is 12.8 Å². The van der Waals surface area contributed by atoms with E-state index in [9.17, 15) is 43.5 Å². The Morgan fingerprint density at radius 1 is 0.634 bits per heavy atom. The van der Waals surface area contributed by atoms with E-state index in [1.54, 1.807) is 0 Å². The van der Waals surface area contributed by atoms with Crippen LogP contribution >= 0.6 is 15.6 Å². The van der Waals surface area contributed by atoms with Gasteiger partial charge in [-0.05, 0) is 30.7 Å². The molecule has 0 bridgehead atoms. The molecule has 71 heavy (non-hydrogen) atoms. The summed E-state index contributed by atoms with van der Waals surface area (Å²) in [7, 11) is -10.8. The Morgan fingerprint density at radius 3 is 1.48 bits per heavy atom. The second-order valence-corrected chi connectivity index (χ2v) is 23.4. The molecule has 1 aromatic heterocycles. The number of phosphoric ester groups is 2. The molecular formula is C51H95N3O15P2. The molecule has 0 aliphatic carbocycles. The first-order valence-electron chi connectivity index (χ1n) is 27.3. The van der Waals surface area contributed by atoms with Gasteiger partial charge in [-0.2, -0.15) is 9.29 Å². The third-order valence-corrected chi connectivity index (χ3v) is 15.4. The number of rotatable bonds is 45. The number of hydrogen-bond donors (Lipinski definition) is 5. The van der Waals surface area contributed by atoms with E-state index in [1.165, 1.54) is 141 Å². The van der Waals surface area contributed by atoms with E-state index < -0.39 is 83.7 Å². The van der Waals surface area contributed by atoms with Crippen LogP contribution in [0.3, 0.4) is 0 Å². The maximum absolute atomic E-state index is 12.9. The van der Waals surface area contributed by atoms with Crippen LogP contribution in [-0.2, 0) is 46.3 Å². The molecule has 20 heteroatoms. The summed E-state index contributed by atoms with van der Waals surface area (Å²) in [5.74, 6) is 0.299. The van der Waals surface area contributed by atoms with E-state index in [4.69, 9.17) is 29.0 Å². The molecule has 0 spiro atoms. The molecule has 1 aromatic rings. The van der Waals surface area contributed by atoms with Gasteiger partial charge in [0.25, 0.3) is 0 Å². The lowest BCUT2D eigenvalue weighted by Crippen LogP contribution is -2.36. The summed E-state index contributed by atoms with van der Waals surface area (Å²) in [6, 6.07) is 1.25. The van der Waals surface area contributed by atoms with E-state index >= 15 is 0 Å². The monoisotopic (exact) mass is 1050 g/mol. The number of carbonyl (C=O) groups is 2. The maximum Gasteiger partial charge on any atom is 0.481 e. The zero-order chi connectivity index (χ0) is 52.3. The molecule has 3 unspecified atom stereocenters. The van der Waals surface area contributed by atoms with Crippen LogP contribution in [0, 0.1) is 11.8 Å². The number of aliphatic hydroxyl groups excluding tert-OH is 2. The third-order valence-electron chi connectivity index (χ3n) is 12.8. The van der Waals surface area contributed by atoms with Gasteiger partial charge in [0.15, 0.2) is 12.3 Å². The van der Waals surface area contributed by atoms with Gasteiger partial charge in [-0.3, -0.25) is 23.2 Å². The minimum Gasteiger partial charge on any atom is -0.462 e. The standard InChI is InChI=1S/C51H95N3O15P2/c1-41(2)32-28-24-20-16-12-9-7-5-6-8-10-14-18-22-26-30-34-46(55)64-38-43(67-47(56)35-31-27-23-19-15-11-13-17-21-25-29-33-42(3)4)39-65-70(60,61)69-71(62,63)66-40-44-48(57)49(58)50(68-44)54-37-36-45(52)53-51(54)59/h36-37,41-44,48-50,57-58H,5-35,38-40H2,1-4H3,(H,60,61)(H,62,63)(H2,52,53,59)/t43-,44-,48+,49?,50-/m1/s1. The van der Waals surface area contributed by atoms with Gasteiger partial charge in [0.05, 0.1) is 13.2 Å². The molecule has 0 saturated carbocycles. The molecule has 18 nitrogen and oxygen atoms in total. The fraction of sp³-hybridized carbons (Fsp3) is 0.882. The summed E-state index contributed by atoms with van der Waals surface area (Å²) in [5.41, 5.74) is 4.60. The molecule has 0 radical (unpaired) electrons. The number of carbonyl (C=O) groups excluding carboxylic acids is 2. The smallest absolute Gasteiger partial charge is 0.462 e. The number of unbranched alkanes of at least 4 members (excludes halogenated alkanes) is 25. The average Bonchev–Trinajstić information content (AvgIpc) is 3.58. The topological polar surface area (TPSA) is 265 Å². The molecule has 414 valence electrons. The van der Waals surface area contributed by atoms with Crippen molar-refractivity contribution in [3.63, 3.8) is 0 Å². The Hall–Kier alpha value is -2.24. The maximum atomic E-state index is 12.9. The van der Waals surface area contributed by atoms with Crippen LogP contribution in [0.2, 0.25) is 0 Å². The van der Waals surface area contributed by atoms with Crippen molar-refractivity contribution in [2.24, 2.45) is 11.8 Å². The number of nitrogens with two attached hydrogens (primary N) is 1. The number of nitrogens with zero attached hydrogens (tertiary/aromatic N) is 2. The molecule has 2 rings (SSSR count). The van der Waals surface area contributed by atoms with Gasteiger partial charge in [0.2, 0.25) is 0 Å². The second kappa shape index (κ2) is 38.3. The molecule has 1 fully saturated rings. The highest BCUT2D eigenvalue weighted by atomic mass is 31.3. The third kappa shape index (κ3) is 32.6. The molecule has 2 heterocycles. The molecule has 7 atom stereocenters. The fourth-order valence-electron chi connectivity index (χ4n) is 8.57. The number of ether oxygens (including phenoxy) is 3. The molecule has 1 aliphatic rings. The number of phosphoric acid groups is 2. The minimum absolute atomic E-state index is 0.0563. The van der Waals surface area contributed by atoms with Crippen molar-refractivity contribution in [3.05, 3.63) is 22.7 Å². The van der Waals surface area contributed by atoms with Gasteiger partial charge in [0, 0.05) is 19.0 Å². The largest absolute Gasteiger partial charge is 0.481 e. The second-order valence-electron chi connectivity index (χ2n) is 20.4. The molecule has 0 amide bonds. The van der Waals surface area contributed by atoms with E-state index in [-0.39, 0.29) is 18.7 Å². The van der Waals surface area contributed by atoms with E-state index in [0.717, 1.165) is 61.3 Å². The minimum atomic E-state index is -5.42. The summed E-state index contributed by atoms with van der Waals surface area (Å²) < 4.78 is 56.9. The van der Waals surface area contributed by atoms with Crippen LogP contribution in [0.15, 0.2) is 17.1 Å². The van der Waals surface area contributed by atoms with E-state index in [1.807, 2.05) is 0 Å². The predicted octanol–water partition coefficient (Wildman–Crippen LogP) is 11.6. The summed E-state index contributed by atoms with van der Waals surface area (Å²) >= 11 is 0. The summed E-state index contributed by atoms with van der Waals surface area (Å²) in [4.78, 5) is 62.0. The first-order valence-corrected chi connectivity index (χ1v) is 30.3. The number of anilines is 1. The first-order chi connectivity index (χ1) is 33.9. The summed E-state index contributed by atoms with van der Waals surface area (Å²) in [5, 5.41) is 20.9. The lowest BCUT2D eigenvalue weighted by Gasteiger charge is -2.21. The number of aliphatic hydroxyl groups is 2. The van der Waals surface area contributed by atoms with Gasteiger partial charge in [-0.15, -0.1) is 0 Å². The van der Waals surface area contributed by atoms with Crippen molar-refractivity contribution in [1.29, 1.82) is 0 Å². The highest BCUT2D eigenvalue weighted by molar-refractivity contribution is 7.61. The Morgan fingerprint density at radius 2 is 1.04 bits per heavy atom. The molecule has 1 saturated heterocycles. The van der Waals surface area contributed by atoms with Gasteiger partial charge in [-0.25, -0.2) is 13.9 Å². The van der Waals surface area contributed by atoms with Gasteiger partial charge >= 0.3 is 33.3 Å². The number of esters is 2. The van der Waals surface area contributed by atoms with Crippen LogP contribution in [-0.4, -0.2) is 85.7 Å². The van der Waals surface area contributed by atoms with Crippen molar-refractivity contribution < 1.29 is 66.3 Å². The van der Waals surface area contributed by atoms with Crippen molar-refractivity contribution in [3.8, 4) is 0 Å². The number of hydrogen-bond acceptors (Lipinski definition) is 15. The Balaban J connectivity index is 1.75. The Kier molecular flexibility index (Phi) is 35.0. The molecule has 1 aliphatic heterocycles. The highest BCUT2D eigenvalue weighted by Gasteiger charge is 2.46. The highest BCUT2D eigenvalue weighted by Crippen LogP contribution is 2.60. The quantitative estimate of drug-likeness (QED) is 0.0231.